The number of carbonyl (C=O) groups excluding carboxylic acids is 3. The number of nitrogens with one attached hydrogen (secondary N) is 1. The molecule has 1 heterocycles. The summed E-state index contributed by atoms with van der Waals surface area (Å²) in [6.45, 7) is 4.46. The van der Waals surface area contributed by atoms with E-state index in [2.05, 4.69) is 19.2 Å². The van der Waals surface area contributed by atoms with Crippen LogP contribution in [-0.2, 0) is 20.9 Å². The van der Waals surface area contributed by atoms with E-state index in [1.54, 1.807) is 0 Å². The van der Waals surface area contributed by atoms with Crippen LogP contribution in [0.2, 0.25) is 0 Å². The number of anilines is 1. The largest absolute Gasteiger partial charge is 0.326 e. The van der Waals surface area contributed by atoms with Crippen molar-refractivity contribution in [3.63, 3.8) is 0 Å². The number of likely N-dealkylation sites (tertiary alicyclic amines) is 1. The zero-order valence-corrected chi connectivity index (χ0v) is 16.4. The van der Waals surface area contributed by atoms with E-state index in [0.717, 1.165) is 17.5 Å². The normalized spacial score (nSPS) is 16.1. The molecule has 0 aliphatic carbocycles. The van der Waals surface area contributed by atoms with E-state index in [9.17, 15) is 14.4 Å². The van der Waals surface area contributed by atoms with Gasteiger partial charge in [-0.05, 0) is 29.2 Å². The molecule has 5 heteroatoms. The second-order valence-corrected chi connectivity index (χ2v) is 7.33. The Bertz CT molecular complexity index is 830. The summed E-state index contributed by atoms with van der Waals surface area (Å²) in [6, 6.07) is 17.1. The molecule has 28 heavy (non-hydrogen) atoms. The first-order valence-electron chi connectivity index (χ1n) is 9.77. The Morgan fingerprint density at radius 1 is 1.00 bits per heavy atom. The van der Waals surface area contributed by atoms with E-state index < -0.39 is 0 Å². The van der Waals surface area contributed by atoms with Crippen LogP contribution in [0.5, 0.6) is 0 Å². The van der Waals surface area contributed by atoms with Gasteiger partial charge in [0.05, 0.1) is 12.5 Å². The minimum atomic E-state index is -0.217. The van der Waals surface area contributed by atoms with Crippen molar-refractivity contribution in [2.45, 2.75) is 45.6 Å². The van der Waals surface area contributed by atoms with E-state index in [-0.39, 0.29) is 36.1 Å². The molecule has 0 spiro atoms. The predicted molar refractivity (Wildman–Crippen MR) is 109 cm³/mol. The average molecular weight is 378 g/mol. The average Bonchev–Trinajstić information content (AvgIpc) is 3.02. The predicted octanol–water partition coefficient (Wildman–Crippen LogP) is 4.10. The van der Waals surface area contributed by atoms with E-state index in [0.29, 0.717) is 18.5 Å². The van der Waals surface area contributed by atoms with Crippen molar-refractivity contribution < 1.29 is 14.4 Å². The van der Waals surface area contributed by atoms with Gasteiger partial charge in [0.25, 0.3) is 0 Å². The van der Waals surface area contributed by atoms with Crippen LogP contribution >= 0.6 is 0 Å². The van der Waals surface area contributed by atoms with Crippen LogP contribution in [0.15, 0.2) is 54.6 Å². The van der Waals surface area contributed by atoms with E-state index >= 15 is 0 Å². The summed E-state index contributed by atoms with van der Waals surface area (Å²) in [5.74, 6) is -0.277. The maximum atomic E-state index is 13.0. The van der Waals surface area contributed by atoms with Crippen LogP contribution in [-0.4, -0.2) is 22.6 Å². The molecule has 0 aromatic heterocycles. The zero-order valence-electron chi connectivity index (χ0n) is 16.4. The molecular formula is C23H26N2O3. The van der Waals surface area contributed by atoms with Gasteiger partial charge in [0.1, 0.15) is 0 Å². The Labute approximate surface area is 165 Å². The van der Waals surface area contributed by atoms with Crippen molar-refractivity contribution in [3.8, 4) is 0 Å². The Balaban J connectivity index is 1.69. The smallest absolute Gasteiger partial charge is 0.232 e. The van der Waals surface area contributed by atoms with Crippen molar-refractivity contribution in [2.75, 3.05) is 5.32 Å². The van der Waals surface area contributed by atoms with Gasteiger partial charge in [0.2, 0.25) is 17.7 Å². The highest BCUT2D eigenvalue weighted by Gasteiger charge is 2.29. The molecule has 146 valence electrons. The van der Waals surface area contributed by atoms with E-state index in [1.165, 1.54) is 4.90 Å². The van der Waals surface area contributed by atoms with Gasteiger partial charge < -0.3 is 5.32 Å². The molecule has 1 fully saturated rings. The van der Waals surface area contributed by atoms with Crippen LogP contribution in [0.25, 0.3) is 0 Å². The highest BCUT2D eigenvalue weighted by atomic mass is 16.2. The molecule has 0 saturated carbocycles. The summed E-state index contributed by atoms with van der Waals surface area (Å²) in [5.41, 5.74) is 2.58. The lowest BCUT2D eigenvalue weighted by Crippen LogP contribution is -2.28. The summed E-state index contributed by atoms with van der Waals surface area (Å²) in [7, 11) is 0. The van der Waals surface area contributed by atoms with Gasteiger partial charge in [0, 0.05) is 18.5 Å². The highest BCUT2D eigenvalue weighted by Crippen LogP contribution is 2.28. The van der Waals surface area contributed by atoms with Crippen molar-refractivity contribution >= 4 is 23.4 Å². The monoisotopic (exact) mass is 378 g/mol. The summed E-state index contributed by atoms with van der Waals surface area (Å²) in [5, 5.41) is 3.01. The van der Waals surface area contributed by atoms with Crippen LogP contribution in [0.4, 0.5) is 5.69 Å². The number of hydrogen-bond donors (Lipinski definition) is 1. The molecule has 5 nitrogen and oxygen atoms in total. The molecule has 3 amide bonds. The second kappa shape index (κ2) is 8.83. The third kappa shape index (κ3) is 4.47. The maximum Gasteiger partial charge on any atom is 0.232 e. The fourth-order valence-corrected chi connectivity index (χ4v) is 3.53. The van der Waals surface area contributed by atoms with Gasteiger partial charge in [-0.3, -0.25) is 19.3 Å². The van der Waals surface area contributed by atoms with Crippen LogP contribution in [0.1, 0.15) is 50.2 Å². The van der Waals surface area contributed by atoms with Gasteiger partial charge in [-0.15, -0.1) is 0 Å². The van der Waals surface area contributed by atoms with Gasteiger partial charge >= 0.3 is 0 Å². The standard InChI is InChI=1S/C23H26N2O3/c1-3-16(2)22(18-7-5-4-6-8-18)23(28)24-19-11-9-17(10-12-19)15-25-20(26)13-14-21(25)27/h4-12,16,22H,3,13-15H2,1-2H3,(H,24,28)/t16-,22-/m1/s1. The first kappa shape index (κ1) is 19.8. The molecule has 1 aliphatic heterocycles. The summed E-state index contributed by atoms with van der Waals surface area (Å²) >= 11 is 0. The Morgan fingerprint density at radius 3 is 2.18 bits per heavy atom. The third-order valence-corrected chi connectivity index (χ3v) is 5.37. The van der Waals surface area contributed by atoms with Gasteiger partial charge in [0.15, 0.2) is 0 Å². The number of amides is 3. The molecule has 3 rings (SSSR count). The fourth-order valence-electron chi connectivity index (χ4n) is 3.53. The Morgan fingerprint density at radius 2 is 1.61 bits per heavy atom. The first-order valence-corrected chi connectivity index (χ1v) is 9.77. The van der Waals surface area contributed by atoms with E-state index in [4.69, 9.17) is 0 Å². The van der Waals surface area contributed by atoms with Crippen LogP contribution in [0.3, 0.4) is 0 Å². The third-order valence-electron chi connectivity index (χ3n) is 5.37. The molecule has 2 aromatic rings. The molecule has 0 radical (unpaired) electrons. The number of imide groups is 1. The van der Waals surface area contributed by atoms with Crippen LogP contribution < -0.4 is 5.32 Å². The number of nitrogens with zero attached hydrogens (tertiary/aromatic N) is 1. The number of benzene rings is 2. The number of hydrogen-bond acceptors (Lipinski definition) is 3. The van der Waals surface area contributed by atoms with Crippen molar-refractivity contribution in [2.24, 2.45) is 5.92 Å². The summed E-state index contributed by atoms with van der Waals surface area (Å²) in [4.78, 5) is 37.8. The molecule has 1 saturated heterocycles. The lowest BCUT2D eigenvalue weighted by Gasteiger charge is -2.23. The lowest BCUT2D eigenvalue weighted by atomic mass is 9.85. The number of carbonyl (C=O) groups is 3. The molecule has 2 atom stereocenters. The first-order chi connectivity index (χ1) is 13.5. The minimum Gasteiger partial charge on any atom is -0.326 e. The quantitative estimate of drug-likeness (QED) is 0.738. The summed E-state index contributed by atoms with van der Waals surface area (Å²) < 4.78 is 0. The van der Waals surface area contributed by atoms with E-state index in [1.807, 2.05) is 54.6 Å². The molecule has 0 unspecified atom stereocenters. The molecule has 0 bridgehead atoms. The molecule has 1 N–H and O–H groups in total. The Hall–Kier alpha value is -2.95. The van der Waals surface area contributed by atoms with Crippen molar-refractivity contribution in [1.82, 2.24) is 4.90 Å². The zero-order chi connectivity index (χ0) is 20.1. The fraction of sp³-hybridized carbons (Fsp3) is 0.348. The maximum absolute atomic E-state index is 13.0. The number of rotatable bonds is 7. The van der Waals surface area contributed by atoms with Gasteiger partial charge in [-0.1, -0.05) is 62.7 Å². The topological polar surface area (TPSA) is 66.5 Å². The minimum absolute atomic E-state index is 0.0294. The molecule has 1 aliphatic rings. The second-order valence-electron chi connectivity index (χ2n) is 7.33. The van der Waals surface area contributed by atoms with Crippen molar-refractivity contribution in [3.05, 3.63) is 65.7 Å². The van der Waals surface area contributed by atoms with Crippen molar-refractivity contribution in [1.29, 1.82) is 0 Å². The highest BCUT2D eigenvalue weighted by molar-refractivity contribution is 6.01. The van der Waals surface area contributed by atoms with Crippen LogP contribution in [0, 0.1) is 5.92 Å². The van der Waals surface area contributed by atoms with Gasteiger partial charge in [-0.2, -0.15) is 0 Å². The SMILES string of the molecule is CC[C@@H](C)[C@@H](C(=O)Nc1ccc(CN2C(=O)CCC2=O)cc1)c1ccccc1. The summed E-state index contributed by atoms with van der Waals surface area (Å²) in [6.07, 6.45) is 1.50. The molecular weight excluding hydrogens is 352 g/mol. The lowest BCUT2D eigenvalue weighted by molar-refractivity contribution is -0.139. The Kier molecular flexibility index (Phi) is 6.24. The molecule has 2 aromatic carbocycles. The van der Waals surface area contributed by atoms with Gasteiger partial charge in [-0.25, -0.2) is 0 Å².